The molecule has 0 saturated carbocycles. The van der Waals surface area contributed by atoms with Gasteiger partial charge in [0.05, 0.1) is 20.3 Å². The molecule has 9 heteroatoms. The summed E-state index contributed by atoms with van der Waals surface area (Å²) in [5, 5.41) is 1.00. The molecule has 0 aliphatic carbocycles. The molecule has 0 atom stereocenters. The van der Waals surface area contributed by atoms with Crippen LogP contribution in [0.1, 0.15) is 18.4 Å². The van der Waals surface area contributed by atoms with Crippen molar-refractivity contribution in [2.75, 3.05) is 51.8 Å². The number of nitrogens with zero attached hydrogens (tertiary/aromatic N) is 4. The molecule has 2 aromatic heterocycles. The summed E-state index contributed by atoms with van der Waals surface area (Å²) in [6, 6.07) is 14.7. The summed E-state index contributed by atoms with van der Waals surface area (Å²) in [6.45, 7) is 5.12. The van der Waals surface area contributed by atoms with Gasteiger partial charge in [0.1, 0.15) is 11.6 Å². The van der Waals surface area contributed by atoms with E-state index < -0.39 is 0 Å². The van der Waals surface area contributed by atoms with Gasteiger partial charge in [-0.2, -0.15) is 9.97 Å². The largest absolute Gasteiger partial charge is 0.481 e. The summed E-state index contributed by atoms with van der Waals surface area (Å²) < 4.78 is 29.7. The second-order valence-corrected chi connectivity index (χ2v) is 9.12. The molecule has 194 valence electrons. The maximum Gasteiger partial charge on any atom is 0.328 e. The van der Waals surface area contributed by atoms with Gasteiger partial charge in [-0.25, -0.2) is 4.39 Å². The third-order valence-corrected chi connectivity index (χ3v) is 6.76. The zero-order valence-corrected chi connectivity index (χ0v) is 21.2. The van der Waals surface area contributed by atoms with Crippen LogP contribution in [0.3, 0.4) is 0 Å². The van der Waals surface area contributed by atoms with Crippen LogP contribution < -0.4 is 19.1 Å². The molecule has 0 unspecified atom stereocenters. The Morgan fingerprint density at radius 1 is 0.892 bits per heavy atom. The Kier molecular flexibility index (Phi) is 7.70. The molecule has 2 aromatic carbocycles. The molecule has 0 amide bonds. The number of hydrogen-bond donors (Lipinski definition) is 1. The minimum absolute atomic E-state index is 0.175. The van der Waals surface area contributed by atoms with E-state index in [1.54, 1.807) is 18.2 Å². The zero-order chi connectivity index (χ0) is 25.6. The molecule has 4 aromatic rings. The molecule has 3 heterocycles. The van der Waals surface area contributed by atoms with Gasteiger partial charge in [0.15, 0.2) is 0 Å². The van der Waals surface area contributed by atoms with Crippen molar-refractivity contribution in [2.45, 2.75) is 19.3 Å². The molecule has 1 fully saturated rings. The second kappa shape index (κ2) is 11.5. The van der Waals surface area contributed by atoms with Crippen molar-refractivity contribution in [3.05, 3.63) is 66.1 Å². The monoisotopic (exact) mass is 505 g/mol. The van der Waals surface area contributed by atoms with Crippen molar-refractivity contribution in [3.63, 3.8) is 0 Å². The number of halogens is 1. The molecule has 5 rings (SSSR count). The first-order valence-corrected chi connectivity index (χ1v) is 12.6. The highest BCUT2D eigenvalue weighted by Gasteiger charge is 2.17. The van der Waals surface area contributed by atoms with Gasteiger partial charge in [0, 0.05) is 49.0 Å². The highest BCUT2D eigenvalue weighted by molar-refractivity contribution is 5.83. The number of aromatic nitrogens is 3. The number of unbranched alkanes of at least 4 members (excludes halogenated alkanes) is 1. The van der Waals surface area contributed by atoms with Gasteiger partial charge in [-0.1, -0.05) is 0 Å². The number of piperazine rings is 1. The van der Waals surface area contributed by atoms with E-state index in [1.165, 1.54) is 31.5 Å². The minimum atomic E-state index is -0.181. The number of aryl methyl sites for hydroxylation is 1. The first-order chi connectivity index (χ1) is 18.1. The summed E-state index contributed by atoms with van der Waals surface area (Å²) in [5.74, 6) is 1.23. The molecular weight excluding hydrogens is 473 g/mol. The number of rotatable bonds is 10. The van der Waals surface area contributed by atoms with Gasteiger partial charge in [0.25, 0.3) is 0 Å². The fourth-order valence-electron chi connectivity index (χ4n) is 4.71. The number of anilines is 1. The van der Waals surface area contributed by atoms with Crippen LogP contribution in [0.25, 0.3) is 10.9 Å². The van der Waals surface area contributed by atoms with Crippen LogP contribution >= 0.6 is 0 Å². The number of fused-ring (bicyclic) bond motifs is 1. The summed E-state index contributed by atoms with van der Waals surface area (Å²) in [4.78, 5) is 16.6. The number of H-pyrrole nitrogens is 1. The van der Waals surface area contributed by atoms with Crippen LogP contribution in [0.15, 0.2) is 54.7 Å². The van der Waals surface area contributed by atoms with Gasteiger partial charge < -0.3 is 24.1 Å². The van der Waals surface area contributed by atoms with E-state index in [0.29, 0.717) is 17.5 Å². The minimum Gasteiger partial charge on any atom is -0.481 e. The Labute approximate surface area is 216 Å². The van der Waals surface area contributed by atoms with Crippen LogP contribution in [-0.2, 0) is 6.42 Å². The SMILES string of the molecule is COc1cc(OC)nc(Oc2ccc(N3CCN(CCCCc4c[nH]c5ccc(F)cc45)CC3)cc2)n1. The Hall–Kier alpha value is -3.85. The molecule has 0 bridgehead atoms. The van der Waals surface area contributed by atoms with Gasteiger partial charge >= 0.3 is 6.01 Å². The van der Waals surface area contributed by atoms with Crippen LogP contribution in [0.2, 0.25) is 0 Å². The lowest BCUT2D eigenvalue weighted by atomic mass is 10.1. The molecule has 8 nitrogen and oxygen atoms in total. The van der Waals surface area contributed by atoms with Gasteiger partial charge in [-0.3, -0.25) is 4.90 Å². The first kappa shape index (κ1) is 24.8. The summed E-state index contributed by atoms with van der Waals surface area (Å²) in [6.07, 6.45) is 5.20. The van der Waals surface area contributed by atoms with Crippen LogP contribution in [0.5, 0.6) is 23.5 Å². The Balaban J connectivity index is 1.07. The van der Waals surface area contributed by atoms with Crippen LogP contribution in [0, 0.1) is 5.82 Å². The summed E-state index contributed by atoms with van der Waals surface area (Å²) >= 11 is 0. The predicted octanol–water partition coefficient (Wildman–Crippen LogP) is 5.05. The van der Waals surface area contributed by atoms with Crippen molar-refractivity contribution in [1.82, 2.24) is 19.9 Å². The van der Waals surface area contributed by atoms with E-state index in [-0.39, 0.29) is 11.8 Å². The Morgan fingerprint density at radius 2 is 1.62 bits per heavy atom. The van der Waals surface area contributed by atoms with E-state index in [1.807, 2.05) is 18.3 Å². The normalized spacial score (nSPS) is 14.2. The number of methoxy groups -OCH3 is 2. The Morgan fingerprint density at radius 3 is 2.32 bits per heavy atom. The molecule has 1 saturated heterocycles. The van der Waals surface area contributed by atoms with E-state index in [9.17, 15) is 4.39 Å². The van der Waals surface area contributed by atoms with Crippen molar-refractivity contribution in [1.29, 1.82) is 0 Å². The third-order valence-electron chi connectivity index (χ3n) is 6.76. The van der Waals surface area contributed by atoms with Crippen LogP contribution in [-0.4, -0.2) is 66.8 Å². The Bertz CT molecular complexity index is 1300. The molecule has 0 spiro atoms. The van der Waals surface area contributed by atoms with Crippen molar-refractivity contribution in [3.8, 4) is 23.5 Å². The number of nitrogens with one attached hydrogen (secondary N) is 1. The maximum absolute atomic E-state index is 13.6. The number of hydrogen-bond acceptors (Lipinski definition) is 7. The molecule has 0 radical (unpaired) electrons. The smallest absolute Gasteiger partial charge is 0.328 e. The third kappa shape index (κ3) is 6.11. The lowest BCUT2D eigenvalue weighted by Crippen LogP contribution is -2.46. The molecule has 1 N–H and O–H groups in total. The fourth-order valence-corrected chi connectivity index (χ4v) is 4.71. The number of ether oxygens (including phenoxy) is 3. The van der Waals surface area contributed by atoms with Gasteiger partial charge in [0.2, 0.25) is 11.8 Å². The molecule has 37 heavy (non-hydrogen) atoms. The van der Waals surface area contributed by atoms with Crippen LogP contribution in [0.4, 0.5) is 10.1 Å². The lowest BCUT2D eigenvalue weighted by molar-refractivity contribution is 0.253. The van der Waals surface area contributed by atoms with E-state index in [2.05, 4.69) is 36.9 Å². The molecule has 1 aliphatic heterocycles. The number of benzene rings is 2. The highest BCUT2D eigenvalue weighted by atomic mass is 19.1. The average molecular weight is 506 g/mol. The van der Waals surface area contributed by atoms with E-state index in [0.717, 1.165) is 62.9 Å². The number of aromatic amines is 1. The van der Waals surface area contributed by atoms with Crippen molar-refractivity contribution in [2.24, 2.45) is 0 Å². The van der Waals surface area contributed by atoms with Crippen molar-refractivity contribution < 1.29 is 18.6 Å². The van der Waals surface area contributed by atoms with E-state index >= 15 is 0 Å². The molecule has 1 aliphatic rings. The average Bonchev–Trinajstić information content (AvgIpc) is 3.33. The summed E-state index contributed by atoms with van der Waals surface area (Å²) in [5.41, 5.74) is 3.37. The fraction of sp³-hybridized carbons (Fsp3) is 0.357. The van der Waals surface area contributed by atoms with E-state index in [4.69, 9.17) is 14.2 Å². The van der Waals surface area contributed by atoms with Gasteiger partial charge in [-0.15, -0.1) is 0 Å². The molecular formula is C28H32FN5O3. The summed E-state index contributed by atoms with van der Waals surface area (Å²) in [7, 11) is 3.07. The highest BCUT2D eigenvalue weighted by Crippen LogP contribution is 2.26. The van der Waals surface area contributed by atoms with Gasteiger partial charge in [-0.05, 0) is 73.8 Å². The van der Waals surface area contributed by atoms with Crippen molar-refractivity contribution >= 4 is 16.6 Å². The first-order valence-electron chi connectivity index (χ1n) is 12.6. The standard InChI is InChI=1S/C28H32FN5O3/c1-35-26-18-27(36-2)32-28(31-26)37-23-9-7-22(8-10-23)34-15-13-33(14-16-34)12-4-3-5-20-19-30-25-11-6-21(29)17-24(20)25/h6-11,17-19,30H,3-5,12-16H2,1-2H3. The zero-order valence-electron chi connectivity index (χ0n) is 21.2. The lowest BCUT2D eigenvalue weighted by Gasteiger charge is -2.36. The maximum atomic E-state index is 13.6. The topological polar surface area (TPSA) is 75.7 Å². The second-order valence-electron chi connectivity index (χ2n) is 9.12. The predicted molar refractivity (Wildman–Crippen MR) is 141 cm³/mol. The quantitative estimate of drug-likeness (QED) is 0.302.